The third-order valence-electron chi connectivity index (χ3n) is 6.04. The summed E-state index contributed by atoms with van der Waals surface area (Å²) in [5.74, 6) is -0.202. The molecule has 0 aromatic rings. The van der Waals surface area contributed by atoms with Crippen LogP contribution >= 0.6 is 0 Å². The van der Waals surface area contributed by atoms with E-state index >= 15 is 0 Å². The van der Waals surface area contributed by atoms with Crippen LogP contribution in [0.4, 0.5) is 0 Å². The Hall–Kier alpha value is -1.06. The Morgan fingerprint density at radius 2 is 1.35 bits per heavy atom. The fraction of sp³-hybridized carbons (Fsp3) is 0.926. The van der Waals surface area contributed by atoms with E-state index in [-0.39, 0.29) is 24.0 Å². The van der Waals surface area contributed by atoms with Crippen LogP contribution < -0.4 is 0 Å². The van der Waals surface area contributed by atoms with Crippen LogP contribution in [0.3, 0.4) is 0 Å². The molecular weight excluding hydrogens is 388 g/mol. The van der Waals surface area contributed by atoms with Crippen LogP contribution in [0.5, 0.6) is 0 Å². The van der Waals surface area contributed by atoms with Crippen molar-refractivity contribution in [2.24, 2.45) is 11.3 Å². The number of esters is 2. The van der Waals surface area contributed by atoms with E-state index in [0.29, 0.717) is 19.4 Å². The molecule has 0 heterocycles. The summed E-state index contributed by atoms with van der Waals surface area (Å²) in [6.07, 6.45) is 16.1. The van der Waals surface area contributed by atoms with Gasteiger partial charge >= 0.3 is 11.9 Å². The monoisotopic (exact) mass is 440 g/mol. The van der Waals surface area contributed by atoms with E-state index < -0.39 is 5.41 Å². The fourth-order valence-electron chi connectivity index (χ4n) is 4.11. The highest BCUT2D eigenvalue weighted by Gasteiger charge is 2.32. The maximum absolute atomic E-state index is 12.5. The molecule has 0 saturated heterocycles. The summed E-state index contributed by atoms with van der Waals surface area (Å²) in [6, 6.07) is 0. The van der Waals surface area contributed by atoms with Gasteiger partial charge in [-0.25, -0.2) is 0 Å². The van der Waals surface area contributed by atoms with Gasteiger partial charge in [0.1, 0.15) is 6.10 Å². The molecule has 0 saturated carbocycles. The topological polar surface area (TPSA) is 52.6 Å². The molecular formula is C27H52O4. The Morgan fingerprint density at radius 1 is 0.806 bits per heavy atom. The van der Waals surface area contributed by atoms with E-state index in [4.69, 9.17) is 9.47 Å². The van der Waals surface area contributed by atoms with Crippen molar-refractivity contribution in [2.75, 3.05) is 6.61 Å². The molecule has 4 nitrogen and oxygen atoms in total. The first kappa shape index (κ1) is 29.9. The smallest absolute Gasteiger partial charge is 0.311 e. The van der Waals surface area contributed by atoms with Gasteiger partial charge in [-0.3, -0.25) is 9.59 Å². The Kier molecular flexibility index (Phi) is 17.9. The van der Waals surface area contributed by atoms with Crippen LogP contribution in [0.2, 0.25) is 0 Å². The van der Waals surface area contributed by atoms with Gasteiger partial charge in [-0.15, -0.1) is 0 Å². The molecule has 0 amide bonds. The molecule has 0 aliphatic carbocycles. The quantitative estimate of drug-likeness (QED) is 0.142. The van der Waals surface area contributed by atoms with Crippen molar-refractivity contribution in [1.82, 2.24) is 0 Å². The summed E-state index contributed by atoms with van der Waals surface area (Å²) in [4.78, 5) is 24.9. The van der Waals surface area contributed by atoms with Crippen LogP contribution in [0.25, 0.3) is 0 Å². The predicted octanol–water partition coefficient (Wildman–Crippen LogP) is 8.01. The van der Waals surface area contributed by atoms with Crippen molar-refractivity contribution in [3.8, 4) is 0 Å². The second-order valence-electron chi connectivity index (χ2n) is 10.0. The van der Waals surface area contributed by atoms with Gasteiger partial charge in [0.15, 0.2) is 0 Å². The number of rotatable bonds is 20. The van der Waals surface area contributed by atoms with Crippen molar-refractivity contribution in [1.29, 1.82) is 0 Å². The Labute approximate surface area is 193 Å². The van der Waals surface area contributed by atoms with E-state index in [1.807, 2.05) is 20.8 Å². The van der Waals surface area contributed by atoms with Gasteiger partial charge < -0.3 is 9.47 Å². The van der Waals surface area contributed by atoms with Gasteiger partial charge in [0.25, 0.3) is 0 Å². The maximum Gasteiger partial charge on any atom is 0.311 e. The standard InChI is InChI=1S/C27H52O4/c1-7-10-12-13-14-15-16-18-20-30-26(29)27(5,6)22-23(4)21-25(28)31-24(9-3)19-17-11-8-2/h23-24H,7-22H2,1-6H3. The van der Waals surface area contributed by atoms with Gasteiger partial charge in [-0.1, -0.05) is 85.5 Å². The summed E-state index contributed by atoms with van der Waals surface area (Å²) in [6.45, 7) is 12.8. The SMILES string of the molecule is CCCCCCCCCCOC(=O)C(C)(C)CC(C)CC(=O)OC(CC)CCCCC. The number of hydrogen-bond donors (Lipinski definition) is 0. The fourth-order valence-corrected chi connectivity index (χ4v) is 4.11. The summed E-state index contributed by atoms with van der Waals surface area (Å²) in [7, 11) is 0. The number of carbonyl (C=O) groups excluding carboxylic acids is 2. The van der Waals surface area contributed by atoms with E-state index in [2.05, 4.69) is 20.8 Å². The van der Waals surface area contributed by atoms with Crippen molar-refractivity contribution in [2.45, 2.75) is 144 Å². The lowest BCUT2D eigenvalue weighted by molar-refractivity contribution is -0.157. The first-order chi connectivity index (χ1) is 14.8. The minimum Gasteiger partial charge on any atom is -0.465 e. The van der Waals surface area contributed by atoms with Crippen molar-refractivity contribution in [3.05, 3.63) is 0 Å². The predicted molar refractivity (Wildman–Crippen MR) is 130 cm³/mol. The van der Waals surface area contributed by atoms with Crippen molar-refractivity contribution < 1.29 is 19.1 Å². The highest BCUT2D eigenvalue weighted by atomic mass is 16.5. The Bertz CT molecular complexity index is 458. The molecule has 0 aromatic carbocycles. The summed E-state index contributed by atoms with van der Waals surface area (Å²) < 4.78 is 11.2. The second kappa shape index (κ2) is 18.5. The molecule has 0 fully saturated rings. The van der Waals surface area contributed by atoms with Gasteiger partial charge in [0.2, 0.25) is 0 Å². The molecule has 0 spiro atoms. The molecule has 0 radical (unpaired) electrons. The molecule has 0 N–H and O–H groups in total. The highest BCUT2D eigenvalue weighted by molar-refractivity contribution is 5.76. The zero-order valence-corrected chi connectivity index (χ0v) is 21.6. The van der Waals surface area contributed by atoms with E-state index in [1.54, 1.807) is 0 Å². The molecule has 0 aliphatic heterocycles. The lowest BCUT2D eigenvalue weighted by Gasteiger charge is -2.26. The molecule has 2 atom stereocenters. The van der Waals surface area contributed by atoms with Crippen LogP contribution in [-0.2, 0) is 19.1 Å². The van der Waals surface area contributed by atoms with Crippen LogP contribution in [0.1, 0.15) is 138 Å². The van der Waals surface area contributed by atoms with E-state index in [9.17, 15) is 9.59 Å². The average Bonchev–Trinajstić information content (AvgIpc) is 2.71. The minimum atomic E-state index is -0.578. The van der Waals surface area contributed by atoms with Gasteiger partial charge in [-0.2, -0.15) is 0 Å². The summed E-state index contributed by atoms with van der Waals surface area (Å²) in [5.41, 5.74) is -0.578. The molecule has 0 rings (SSSR count). The molecule has 184 valence electrons. The zero-order chi connectivity index (χ0) is 23.5. The summed E-state index contributed by atoms with van der Waals surface area (Å²) >= 11 is 0. The summed E-state index contributed by atoms with van der Waals surface area (Å²) in [5, 5.41) is 0. The molecule has 31 heavy (non-hydrogen) atoms. The number of ether oxygens (including phenoxy) is 2. The first-order valence-electron chi connectivity index (χ1n) is 13.1. The molecule has 0 bridgehead atoms. The van der Waals surface area contributed by atoms with Crippen LogP contribution in [-0.4, -0.2) is 24.6 Å². The molecule has 0 aromatic heterocycles. The van der Waals surface area contributed by atoms with Crippen LogP contribution in [0.15, 0.2) is 0 Å². The van der Waals surface area contributed by atoms with Gasteiger partial charge in [0, 0.05) is 6.42 Å². The van der Waals surface area contributed by atoms with Crippen LogP contribution in [0, 0.1) is 11.3 Å². The first-order valence-corrected chi connectivity index (χ1v) is 13.1. The van der Waals surface area contributed by atoms with Gasteiger partial charge in [0.05, 0.1) is 12.0 Å². The second-order valence-corrected chi connectivity index (χ2v) is 10.0. The highest BCUT2D eigenvalue weighted by Crippen LogP contribution is 2.29. The maximum atomic E-state index is 12.5. The Morgan fingerprint density at radius 3 is 1.94 bits per heavy atom. The number of unbranched alkanes of at least 4 members (excludes halogenated alkanes) is 9. The third kappa shape index (κ3) is 16.3. The lowest BCUT2D eigenvalue weighted by atomic mass is 9.82. The lowest BCUT2D eigenvalue weighted by Crippen LogP contribution is -2.30. The van der Waals surface area contributed by atoms with Crippen molar-refractivity contribution >= 4 is 11.9 Å². The molecule has 0 aliphatic rings. The molecule has 2 unspecified atom stereocenters. The zero-order valence-electron chi connectivity index (χ0n) is 21.6. The van der Waals surface area contributed by atoms with Crippen molar-refractivity contribution in [3.63, 3.8) is 0 Å². The van der Waals surface area contributed by atoms with Gasteiger partial charge in [-0.05, 0) is 51.9 Å². The normalized spacial score (nSPS) is 13.6. The number of hydrogen-bond acceptors (Lipinski definition) is 4. The molecule has 4 heteroatoms. The average molecular weight is 441 g/mol. The van der Waals surface area contributed by atoms with E-state index in [1.165, 1.54) is 51.4 Å². The number of carbonyl (C=O) groups is 2. The third-order valence-corrected chi connectivity index (χ3v) is 6.04. The Balaban J connectivity index is 4.09. The minimum absolute atomic E-state index is 0.0240. The largest absolute Gasteiger partial charge is 0.465 e. The van der Waals surface area contributed by atoms with E-state index in [0.717, 1.165) is 32.1 Å².